The fourth-order valence-corrected chi connectivity index (χ4v) is 12.8. The number of benzene rings is 2. The van der Waals surface area contributed by atoms with Gasteiger partial charge in [0.15, 0.2) is 29.0 Å². The molecule has 4 aliphatic rings. The molecule has 2 aromatic rings. The summed E-state index contributed by atoms with van der Waals surface area (Å²) in [5, 5.41) is 14.9. The molecule has 3 heterocycles. The molecular formula is C62H91N13O18S. The van der Waals surface area contributed by atoms with E-state index in [4.69, 9.17) is 61.8 Å². The first-order valence-corrected chi connectivity index (χ1v) is 32.5. The Bertz CT molecular complexity index is 3110. The van der Waals surface area contributed by atoms with Gasteiger partial charge in [-0.15, -0.1) is 11.8 Å². The molecule has 16 N–H and O–H groups in total. The molecule has 2 aromatic carbocycles. The number of aliphatic imine (C=N–C) groups is 1. The lowest BCUT2D eigenvalue weighted by Gasteiger charge is -2.38. The molecule has 0 radical (unpaired) electrons. The number of likely N-dealkylation sites (N-methyl/N-ethyl adjacent to an activating group) is 1. The van der Waals surface area contributed by atoms with E-state index < -0.39 is 149 Å². The van der Waals surface area contributed by atoms with Crippen LogP contribution in [0.5, 0.6) is 28.7 Å². The Hall–Kier alpha value is -8.65. The van der Waals surface area contributed by atoms with Crippen molar-refractivity contribution in [3.8, 4) is 28.7 Å². The number of methoxy groups -OCH3 is 3. The summed E-state index contributed by atoms with van der Waals surface area (Å²) in [6, 6.07) is -0.782. The highest BCUT2D eigenvalue weighted by molar-refractivity contribution is 8.00. The number of imide groups is 1. The fraction of sp³-hybridized carbons (Fsp3) is 0.613. The first-order valence-electron chi connectivity index (χ1n) is 31.4. The quantitative estimate of drug-likeness (QED) is 0.0130. The van der Waals surface area contributed by atoms with Crippen molar-refractivity contribution in [2.45, 2.75) is 152 Å². The van der Waals surface area contributed by atoms with E-state index in [1.807, 2.05) is 6.92 Å². The van der Waals surface area contributed by atoms with Gasteiger partial charge in [0.1, 0.15) is 36.3 Å². The predicted molar refractivity (Wildman–Crippen MR) is 341 cm³/mol. The van der Waals surface area contributed by atoms with Crippen LogP contribution in [0.3, 0.4) is 0 Å². The van der Waals surface area contributed by atoms with Crippen LogP contribution in [0.2, 0.25) is 0 Å². The van der Waals surface area contributed by atoms with E-state index in [-0.39, 0.29) is 76.2 Å². The molecule has 518 valence electrons. The van der Waals surface area contributed by atoms with Gasteiger partial charge in [0, 0.05) is 56.1 Å². The Labute approximate surface area is 549 Å². The number of amides is 9. The van der Waals surface area contributed by atoms with Crippen LogP contribution >= 0.6 is 11.8 Å². The number of thioether (sulfide) groups is 1. The van der Waals surface area contributed by atoms with Gasteiger partial charge >= 0.3 is 11.9 Å². The van der Waals surface area contributed by atoms with Crippen molar-refractivity contribution < 1.29 is 85.9 Å². The topological polar surface area (TPSA) is 470 Å². The van der Waals surface area contributed by atoms with Gasteiger partial charge in [0.05, 0.1) is 51.6 Å². The van der Waals surface area contributed by atoms with Crippen molar-refractivity contribution in [3.05, 3.63) is 41.0 Å². The van der Waals surface area contributed by atoms with E-state index >= 15 is 0 Å². The Kier molecular flexibility index (Phi) is 27.7. The number of fused-ring (bicyclic) bond motifs is 3. The van der Waals surface area contributed by atoms with Gasteiger partial charge in [0.25, 0.3) is 0 Å². The van der Waals surface area contributed by atoms with Gasteiger partial charge in [0.2, 0.25) is 65.7 Å². The average molecular weight is 1340 g/mol. The molecule has 3 aliphatic heterocycles. The minimum atomic E-state index is -1.52. The summed E-state index contributed by atoms with van der Waals surface area (Å²) in [5.41, 5.74) is 30.4. The molecule has 6 rings (SSSR count). The van der Waals surface area contributed by atoms with Gasteiger partial charge < -0.3 is 93.7 Å². The Morgan fingerprint density at radius 2 is 1.27 bits per heavy atom. The SMILES string of the molecule is CCC(C)[C@@H](NC(=O)[C@@H](CCCCN)NC(=O)[C@H](NC(=O)[C@@H](CCC(N)=O)NC(=O)[C@@H](CCCN=C(N)N)NC(=O)[C@@H](N)CSC1CC(=O)N(CCC(=O)O[C@H]2c3cc4c(cc3[C@@H](c3cc(OC)c(OC)c(OC)c3)[C@H]3C(=O)OC[C@@H]32)OCO4)C1=O)C(C)CC)C(=O)NC. The number of rotatable bonds is 37. The molecule has 31 nitrogen and oxygen atoms in total. The zero-order valence-corrected chi connectivity index (χ0v) is 55.2. The second-order valence-corrected chi connectivity index (χ2v) is 24.8. The first-order chi connectivity index (χ1) is 44.8. The largest absolute Gasteiger partial charge is 0.493 e. The van der Waals surface area contributed by atoms with Crippen molar-refractivity contribution in [2.75, 3.05) is 67.2 Å². The number of primary amides is 1. The Morgan fingerprint density at radius 3 is 1.83 bits per heavy atom. The molecular weight excluding hydrogens is 1250 g/mol. The number of guanidine groups is 1. The lowest BCUT2D eigenvalue weighted by Crippen LogP contribution is -2.61. The van der Waals surface area contributed by atoms with Crippen LogP contribution in [0.15, 0.2) is 29.3 Å². The maximum absolute atomic E-state index is 14.3. The zero-order valence-electron chi connectivity index (χ0n) is 54.4. The van der Waals surface area contributed by atoms with Gasteiger partial charge in [-0.05, 0) is 92.3 Å². The Balaban J connectivity index is 1.11. The maximum Gasteiger partial charge on any atom is 0.310 e. The molecule has 32 heteroatoms. The number of unbranched alkanes of at least 4 members (excludes halogenated alkanes) is 1. The van der Waals surface area contributed by atoms with E-state index in [9.17, 15) is 52.7 Å². The second-order valence-electron chi connectivity index (χ2n) is 23.5. The number of hydrogen-bond acceptors (Lipinski definition) is 22. The number of cyclic esters (lactones) is 1. The van der Waals surface area contributed by atoms with Crippen molar-refractivity contribution >= 4 is 82.8 Å². The highest BCUT2D eigenvalue weighted by atomic mass is 32.2. The van der Waals surface area contributed by atoms with Gasteiger partial charge in [-0.1, -0.05) is 40.5 Å². The van der Waals surface area contributed by atoms with Crippen LogP contribution in [0.4, 0.5) is 0 Å². The van der Waals surface area contributed by atoms with Crippen LogP contribution in [0.1, 0.15) is 127 Å². The second kappa shape index (κ2) is 35.0. The van der Waals surface area contributed by atoms with E-state index in [0.29, 0.717) is 77.7 Å². The number of nitrogens with one attached hydrogen (secondary N) is 6. The molecule has 3 unspecified atom stereocenters. The van der Waals surface area contributed by atoms with Crippen molar-refractivity contribution in [1.82, 2.24) is 36.8 Å². The van der Waals surface area contributed by atoms with Crippen molar-refractivity contribution in [1.29, 1.82) is 0 Å². The van der Waals surface area contributed by atoms with Crippen LogP contribution in [0, 0.1) is 23.7 Å². The maximum atomic E-state index is 14.3. The molecule has 2 saturated heterocycles. The van der Waals surface area contributed by atoms with Crippen molar-refractivity contribution in [2.24, 2.45) is 57.3 Å². The summed E-state index contributed by atoms with van der Waals surface area (Å²) >= 11 is 0.905. The number of nitrogens with two attached hydrogens (primary N) is 5. The normalized spacial score (nSPS) is 20.2. The van der Waals surface area contributed by atoms with Crippen LogP contribution in [0.25, 0.3) is 0 Å². The average Bonchev–Trinajstić information content (AvgIpc) is 1.39. The molecule has 0 aromatic heterocycles. The highest BCUT2D eigenvalue weighted by Crippen LogP contribution is 2.56. The number of ether oxygens (including phenoxy) is 7. The summed E-state index contributed by atoms with van der Waals surface area (Å²) in [6.45, 7) is 6.91. The third-order valence-electron chi connectivity index (χ3n) is 17.3. The zero-order chi connectivity index (χ0) is 69.1. The predicted octanol–water partition coefficient (Wildman–Crippen LogP) is -0.752. The number of likely N-dealkylation sites (tertiary alicyclic amines) is 1. The lowest BCUT2D eigenvalue weighted by atomic mass is 9.66. The number of carbonyl (C=O) groups excluding carboxylic acids is 11. The van der Waals surface area contributed by atoms with E-state index in [2.05, 4.69) is 36.9 Å². The minimum Gasteiger partial charge on any atom is -0.493 e. The molecule has 0 spiro atoms. The third kappa shape index (κ3) is 18.8. The highest BCUT2D eigenvalue weighted by Gasteiger charge is 2.54. The number of carbonyl (C=O) groups is 11. The molecule has 0 saturated carbocycles. The van der Waals surface area contributed by atoms with E-state index in [0.717, 1.165) is 16.7 Å². The standard InChI is InChI=1S/C62H91N13O18S/c1-9-30(3)50(58(83)68-5)73-56(81)37(14-11-12-19-63)72-59(84)51(31(4)10-2)74-57(82)39(16-17-45(65)76)71-55(80)38(15-13-20-69-62(66)67)70-54(79)36(64)28-94-44-26-46(77)75(60(44)85)21-18-47(78)93-52-34-25-41-40(91-29-92-41)24-33(34)48(49-35(52)27-90-61(49)86)32-22-42(87-6)53(89-8)43(23-32)88-7/h22-25,30-31,35-39,44,48-52H,9-21,26-29,63-64H2,1-8H3,(H2,65,76)(H,68,83)(H,70,79)(H,71,80)(H,72,84)(H,73,81)(H,74,82)(H4,66,67,69)/t30?,31?,35-,36-,37+,38+,39+,44?,48+,49-,50+,51+,52-/m0/s1. The first kappa shape index (κ1) is 74.4. The third-order valence-corrected chi connectivity index (χ3v) is 18.6. The van der Waals surface area contributed by atoms with Crippen LogP contribution in [-0.4, -0.2) is 185 Å². The Morgan fingerprint density at radius 1 is 0.702 bits per heavy atom. The summed E-state index contributed by atoms with van der Waals surface area (Å²) in [5.74, 6) is -9.61. The fourth-order valence-electron chi connectivity index (χ4n) is 11.6. The van der Waals surface area contributed by atoms with Crippen LogP contribution in [-0.2, 0) is 62.2 Å². The molecule has 94 heavy (non-hydrogen) atoms. The molecule has 2 fully saturated rings. The van der Waals surface area contributed by atoms with Gasteiger partial charge in [-0.2, -0.15) is 0 Å². The molecule has 0 bridgehead atoms. The monoisotopic (exact) mass is 1340 g/mol. The molecule has 9 amide bonds. The smallest absolute Gasteiger partial charge is 0.310 e. The van der Waals surface area contributed by atoms with Gasteiger partial charge in [-0.25, -0.2) is 0 Å². The van der Waals surface area contributed by atoms with Crippen molar-refractivity contribution in [3.63, 3.8) is 0 Å². The van der Waals surface area contributed by atoms with E-state index in [1.54, 1.807) is 45.0 Å². The number of nitrogens with zero attached hydrogens (tertiary/aromatic N) is 2. The molecule has 13 atom stereocenters. The number of hydrogen-bond donors (Lipinski definition) is 11. The summed E-state index contributed by atoms with van der Waals surface area (Å²) in [7, 11) is 5.85. The van der Waals surface area contributed by atoms with Gasteiger partial charge in [-0.3, -0.25) is 62.6 Å². The number of esters is 2. The summed E-state index contributed by atoms with van der Waals surface area (Å²) in [4.78, 5) is 155. The summed E-state index contributed by atoms with van der Waals surface area (Å²) in [6.07, 6.45) is -0.512. The summed E-state index contributed by atoms with van der Waals surface area (Å²) < 4.78 is 40.2. The molecule has 1 aliphatic carbocycles. The van der Waals surface area contributed by atoms with Crippen LogP contribution < -0.4 is 84.3 Å². The lowest BCUT2D eigenvalue weighted by molar-refractivity contribution is -0.155. The minimum absolute atomic E-state index is 0.0132. The van der Waals surface area contributed by atoms with E-state index in [1.165, 1.54) is 28.4 Å².